The Morgan fingerprint density at radius 2 is 2.11 bits per heavy atom. The molecule has 7 heteroatoms. The fraction of sp³-hybridized carbons (Fsp3) is 0.818. The molecule has 1 aromatic heterocycles. The van der Waals surface area contributed by atoms with Crippen molar-refractivity contribution in [2.24, 2.45) is 11.7 Å². The second kappa shape index (κ2) is 9.55. The SMILES string of the molecule is Cl.Cl.NCCC1CCCN(CCn2cncn2)C1. The van der Waals surface area contributed by atoms with Gasteiger partial charge in [0.05, 0.1) is 6.54 Å². The minimum Gasteiger partial charge on any atom is -0.330 e. The van der Waals surface area contributed by atoms with Crippen LogP contribution in [0, 0.1) is 5.92 Å². The summed E-state index contributed by atoms with van der Waals surface area (Å²) in [6.45, 7) is 5.25. The molecule has 0 saturated carbocycles. The number of hydrogen-bond acceptors (Lipinski definition) is 4. The molecule has 1 aliphatic heterocycles. The number of rotatable bonds is 5. The molecular formula is C11H23Cl2N5. The van der Waals surface area contributed by atoms with Gasteiger partial charge < -0.3 is 10.6 Å². The number of nitrogens with zero attached hydrogens (tertiary/aromatic N) is 4. The van der Waals surface area contributed by atoms with Gasteiger partial charge in [-0.1, -0.05) is 0 Å². The van der Waals surface area contributed by atoms with Crippen molar-refractivity contribution in [3.8, 4) is 0 Å². The third-order valence-electron chi connectivity index (χ3n) is 3.29. The lowest BCUT2D eigenvalue weighted by Gasteiger charge is -2.32. The number of nitrogens with two attached hydrogens (primary N) is 1. The second-order valence-corrected chi connectivity index (χ2v) is 4.54. The predicted octanol–water partition coefficient (Wildman–Crippen LogP) is 1.18. The van der Waals surface area contributed by atoms with Crippen molar-refractivity contribution in [2.45, 2.75) is 25.8 Å². The van der Waals surface area contributed by atoms with E-state index in [-0.39, 0.29) is 24.8 Å². The Balaban J connectivity index is 0.00000144. The van der Waals surface area contributed by atoms with Crippen LogP contribution >= 0.6 is 24.8 Å². The van der Waals surface area contributed by atoms with Gasteiger partial charge in [-0.3, -0.25) is 4.68 Å². The molecule has 5 nitrogen and oxygen atoms in total. The average Bonchev–Trinajstić information content (AvgIpc) is 2.80. The Labute approximate surface area is 121 Å². The molecule has 1 fully saturated rings. The summed E-state index contributed by atoms with van der Waals surface area (Å²) in [7, 11) is 0. The van der Waals surface area contributed by atoms with Crippen LogP contribution in [0.1, 0.15) is 19.3 Å². The molecule has 0 spiro atoms. The lowest BCUT2D eigenvalue weighted by atomic mass is 9.95. The molecule has 0 radical (unpaired) electrons. The van der Waals surface area contributed by atoms with Gasteiger partial charge in [-0.2, -0.15) is 5.10 Å². The fourth-order valence-electron chi connectivity index (χ4n) is 2.42. The van der Waals surface area contributed by atoms with Gasteiger partial charge in [0.25, 0.3) is 0 Å². The summed E-state index contributed by atoms with van der Waals surface area (Å²) in [6, 6.07) is 0. The van der Waals surface area contributed by atoms with Gasteiger partial charge >= 0.3 is 0 Å². The predicted molar refractivity (Wildman–Crippen MR) is 77.4 cm³/mol. The van der Waals surface area contributed by atoms with Crippen molar-refractivity contribution < 1.29 is 0 Å². The van der Waals surface area contributed by atoms with Crippen molar-refractivity contribution in [1.29, 1.82) is 0 Å². The Morgan fingerprint density at radius 1 is 1.28 bits per heavy atom. The first-order valence-corrected chi connectivity index (χ1v) is 6.13. The van der Waals surface area contributed by atoms with Crippen LogP contribution in [-0.2, 0) is 6.54 Å². The van der Waals surface area contributed by atoms with E-state index in [1.54, 1.807) is 12.7 Å². The summed E-state index contributed by atoms with van der Waals surface area (Å²) in [5, 5.41) is 4.11. The molecule has 0 aromatic carbocycles. The maximum atomic E-state index is 5.62. The topological polar surface area (TPSA) is 60.0 Å². The minimum absolute atomic E-state index is 0. The molecule has 1 unspecified atom stereocenters. The van der Waals surface area contributed by atoms with Crippen LogP contribution in [-0.4, -0.2) is 45.8 Å². The van der Waals surface area contributed by atoms with Gasteiger partial charge in [-0.25, -0.2) is 4.98 Å². The second-order valence-electron chi connectivity index (χ2n) is 4.54. The molecule has 1 aliphatic rings. The largest absolute Gasteiger partial charge is 0.330 e. The average molecular weight is 296 g/mol. The highest BCUT2D eigenvalue weighted by Gasteiger charge is 2.18. The summed E-state index contributed by atoms with van der Waals surface area (Å²) < 4.78 is 1.90. The zero-order chi connectivity index (χ0) is 11.2. The Bertz CT molecular complexity index is 292. The molecule has 0 amide bonds. The van der Waals surface area contributed by atoms with Crippen molar-refractivity contribution in [2.75, 3.05) is 26.2 Å². The quantitative estimate of drug-likeness (QED) is 0.886. The number of aromatic nitrogens is 3. The van der Waals surface area contributed by atoms with Crippen LogP contribution in [0.4, 0.5) is 0 Å². The molecule has 0 aliphatic carbocycles. The van der Waals surface area contributed by atoms with E-state index in [1.807, 2.05) is 4.68 Å². The van der Waals surface area contributed by atoms with Gasteiger partial charge in [0.15, 0.2) is 0 Å². The van der Waals surface area contributed by atoms with Crippen LogP contribution in [0.15, 0.2) is 12.7 Å². The lowest BCUT2D eigenvalue weighted by Crippen LogP contribution is -2.38. The summed E-state index contributed by atoms with van der Waals surface area (Å²) in [5.41, 5.74) is 5.62. The van der Waals surface area contributed by atoms with Crippen LogP contribution in [0.2, 0.25) is 0 Å². The third-order valence-corrected chi connectivity index (χ3v) is 3.29. The van der Waals surface area contributed by atoms with Crippen molar-refractivity contribution in [3.05, 3.63) is 12.7 Å². The normalized spacial score (nSPS) is 19.9. The smallest absolute Gasteiger partial charge is 0.137 e. The van der Waals surface area contributed by atoms with Gasteiger partial charge in [0.1, 0.15) is 12.7 Å². The zero-order valence-corrected chi connectivity index (χ0v) is 12.2. The first-order chi connectivity index (χ1) is 7.88. The zero-order valence-electron chi connectivity index (χ0n) is 10.6. The van der Waals surface area contributed by atoms with Crippen LogP contribution in [0.25, 0.3) is 0 Å². The van der Waals surface area contributed by atoms with Crippen LogP contribution in [0.3, 0.4) is 0 Å². The molecule has 2 heterocycles. The third kappa shape index (κ3) is 5.52. The Hall–Kier alpha value is -0.360. The number of halogens is 2. The van der Waals surface area contributed by atoms with Gasteiger partial charge in [0, 0.05) is 13.1 Å². The summed E-state index contributed by atoms with van der Waals surface area (Å²) >= 11 is 0. The fourth-order valence-corrected chi connectivity index (χ4v) is 2.42. The van der Waals surface area contributed by atoms with Gasteiger partial charge in [0.2, 0.25) is 0 Å². The van der Waals surface area contributed by atoms with E-state index < -0.39 is 0 Å². The van der Waals surface area contributed by atoms with E-state index >= 15 is 0 Å². The standard InChI is InChI=1S/C11H21N5.2ClH/c12-4-3-11-2-1-5-15(8-11)6-7-16-10-13-9-14-16;;/h9-11H,1-8,12H2;2*1H. The van der Waals surface area contributed by atoms with E-state index in [0.29, 0.717) is 0 Å². The molecule has 2 N–H and O–H groups in total. The van der Waals surface area contributed by atoms with E-state index in [9.17, 15) is 0 Å². The lowest BCUT2D eigenvalue weighted by molar-refractivity contribution is 0.163. The van der Waals surface area contributed by atoms with E-state index in [4.69, 9.17) is 5.73 Å². The highest BCUT2D eigenvalue weighted by Crippen LogP contribution is 2.18. The van der Waals surface area contributed by atoms with Crippen molar-refractivity contribution in [1.82, 2.24) is 19.7 Å². The number of piperidine rings is 1. The molecule has 1 aromatic rings. The molecule has 0 bridgehead atoms. The van der Waals surface area contributed by atoms with Gasteiger partial charge in [-0.05, 0) is 38.3 Å². The van der Waals surface area contributed by atoms with Crippen LogP contribution in [0.5, 0.6) is 0 Å². The van der Waals surface area contributed by atoms with E-state index in [2.05, 4.69) is 15.0 Å². The molecular weight excluding hydrogens is 273 g/mol. The summed E-state index contributed by atoms with van der Waals surface area (Å²) in [5.74, 6) is 0.800. The van der Waals surface area contributed by atoms with E-state index in [0.717, 1.165) is 25.6 Å². The van der Waals surface area contributed by atoms with Crippen molar-refractivity contribution in [3.63, 3.8) is 0 Å². The van der Waals surface area contributed by atoms with E-state index in [1.165, 1.54) is 32.4 Å². The molecule has 106 valence electrons. The summed E-state index contributed by atoms with van der Waals surface area (Å²) in [4.78, 5) is 6.47. The Kier molecular flexibility index (Phi) is 9.36. The molecule has 1 saturated heterocycles. The highest BCUT2D eigenvalue weighted by atomic mass is 35.5. The van der Waals surface area contributed by atoms with Gasteiger partial charge in [-0.15, -0.1) is 24.8 Å². The highest BCUT2D eigenvalue weighted by molar-refractivity contribution is 5.85. The first-order valence-electron chi connectivity index (χ1n) is 6.13. The molecule has 18 heavy (non-hydrogen) atoms. The molecule has 1 atom stereocenters. The maximum Gasteiger partial charge on any atom is 0.137 e. The first kappa shape index (κ1) is 17.6. The minimum atomic E-state index is 0. The van der Waals surface area contributed by atoms with Crippen LogP contribution < -0.4 is 5.73 Å². The number of hydrogen-bond donors (Lipinski definition) is 1. The summed E-state index contributed by atoms with van der Waals surface area (Å²) in [6.07, 6.45) is 7.19. The maximum absolute atomic E-state index is 5.62. The Morgan fingerprint density at radius 3 is 2.78 bits per heavy atom. The van der Waals surface area contributed by atoms with Crippen molar-refractivity contribution >= 4 is 24.8 Å². The monoisotopic (exact) mass is 295 g/mol. The molecule has 2 rings (SSSR count). The number of likely N-dealkylation sites (tertiary alicyclic amines) is 1.